The predicted octanol–water partition coefficient (Wildman–Crippen LogP) is 5.44. The molecule has 40 heavy (non-hydrogen) atoms. The summed E-state index contributed by atoms with van der Waals surface area (Å²) in [6.07, 6.45) is 1.86. The SMILES string of the molecule is CNC(=O)c1ccc(N2CCN(c3nc(Nc4cc(C(C)(C)C)ccc4C)c4c(ncn4C(C)C)n3)CC2)cc1. The number of carbonyl (C=O) groups is 1. The molecule has 0 aliphatic carbocycles. The van der Waals surface area contributed by atoms with Crippen LogP contribution in [0.2, 0.25) is 0 Å². The monoisotopic (exact) mass is 540 g/mol. The molecule has 1 aliphatic heterocycles. The van der Waals surface area contributed by atoms with Crippen molar-refractivity contribution in [1.29, 1.82) is 0 Å². The molecular weight excluding hydrogens is 500 g/mol. The lowest BCUT2D eigenvalue weighted by Crippen LogP contribution is -2.47. The molecule has 2 aromatic heterocycles. The molecule has 1 amide bonds. The van der Waals surface area contributed by atoms with Gasteiger partial charge in [0.1, 0.15) is 5.52 Å². The standard InChI is InChI=1S/C31H40N8O/c1-20(2)39-19-33-27-26(39)28(34-25-18-23(31(4,5)6)11-8-21(25)3)36-30(35-27)38-16-14-37(15-17-38)24-12-9-22(10-13-24)29(40)32-7/h8-13,18-20H,14-17H2,1-7H3,(H,32,40)(H,34,35,36). The van der Waals surface area contributed by atoms with Gasteiger partial charge in [-0.15, -0.1) is 0 Å². The Balaban J connectivity index is 1.43. The van der Waals surface area contributed by atoms with Crippen molar-refractivity contribution in [2.24, 2.45) is 0 Å². The summed E-state index contributed by atoms with van der Waals surface area (Å²) >= 11 is 0. The number of benzene rings is 2. The summed E-state index contributed by atoms with van der Waals surface area (Å²) in [5, 5.41) is 6.33. The van der Waals surface area contributed by atoms with Crippen molar-refractivity contribution in [3.8, 4) is 0 Å². The summed E-state index contributed by atoms with van der Waals surface area (Å²) in [4.78, 5) is 31.1. The van der Waals surface area contributed by atoms with Gasteiger partial charge in [0.05, 0.1) is 6.33 Å². The molecule has 0 unspecified atom stereocenters. The van der Waals surface area contributed by atoms with E-state index in [9.17, 15) is 4.79 Å². The molecule has 1 aliphatic rings. The fraction of sp³-hybridized carbons (Fsp3) is 0.419. The van der Waals surface area contributed by atoms with E-state index >= 15 is 0 Å². The Hall–Kier alpha value is -4.14. The number of carbonyl (C=O) groups excluding carboxylic acids is 1. The van der Waals surface area contributed by atoms with Crippen LogP contribution < -0.4 is 20.4 Å². The average Bonchev–Trinajstić information content (AvgIpc) is 3.38. The number of imidazole rings is 1. The molecule has 2 aromatic carbocycles. The van der Waals surface area contributed by atoms with Crippen LogP contribution in [0.4, 0.5) is 23.1 Å². The third-order valence-electron chi connectivity index (χ3n) is 7.61. The first-order valence-electron chi connectivity index (χ1n) is 14.0. The molecule has 0 spiro atoms. The summed E-state index contributed by atoms with van der Waals surface area (Å²) in [5.41, 5.74) is 6.88. The van der Waals surface area contributed by atoms with Gasteiger partial charge >= 0.3 is 0 Å². The van der Waals surface area contributed by atoms with Crippen molar-refractivity contribution in [2.75, 3.05) is 48.3 Å². The average molecular weight is 541 g/mol. The molecule has 1 fully saturated rings. The van der Waals surface area contributed by atoms with E-state index in [2.05, 4.69) is 89.7 Å². The molecule has 4 aromatic rings. The number of nitrogens with one attached hydrogen (secondary N) is 2. The number of nitrogens with zero attached hydrogens (tertiary/aromatic N) is 6. The van der Waals surface area contributed by atoms with Crippen LogP contribution in [0, 0.1) is 6.92 Å². The van der Waals surface area contributed by atoms with Crippen LogP contribution in [0.3, 0.4) is 0 Å². The Morgan fingerprint density at radius 3 is 2.25 bits per heavy atom. The maximum Gasteiger partial charge on any atom is 0.251 e. The first-order chi connectivity index (χ1) is 19.0. The van der Waals surface area contributed by atoms with E-state index in [0.29, 0.717) is 17.2 Å². The molecule has 9 nitrogen and oxygen atoms in total. The predicted molar refractivity (Wildman–Crippen MR) is 163 cm³/mol. The molecule has 9 heteroatoms. The zero-order valence-electron chi connectivity index (χ0n) is 24.6. The number of piperazine rings is 1. The number of fused-ring (bicyclic) bond motifs is 1. The van der Waals surface area contributed by atoms with Crippen molar-refractivity contribution in [2.45, 2.75) is 53.0 Å². The number of anilines is 4. The van der Waals surface area contributed by atoms with Crippen LogP contribution in [0.25, 0.3) is 11.2 Å². The normalized spacial score (nSPS) is 14.2. The molecule has 210 valence electrons. The van der Waals surface area contributed by atoms with E-state index < -0.39 is 0 Å². The Kier molecular flexibility index (Phi) is 7.40. The minimum absolute atomic E-state index is 0.0401. The lowest BCUT2D eigenvalue weighted by atomic mass is 9.86. The second kappa shape index (κ2) is 10.8. The highest BCUT2D eigenvalue weighted by molar-refractivity contribution is 5.94. The fourth-order valence-electron chi connectivity index (χ4n) is 5.04. The van der Waals surface area contributed by atoms with Crippen molar-refractivity contribution in [3.63, 3.8) is 0 Å². The Bertz CT molecular complexity index is 1510. The molecule has 0 radical (unpaired) electrons. The van der Waals surface area contributed by atoms with Gasteiger partial charge in [0.2, 0.25) is 5.95 Å². The highest BCUT2D eigenvalue weighted by atomic mass is 16.1. The number of amides is 1. The summed E-state index contributed by atoms with van der Waals surface area (Å²) in [7, 11) is 1.65. The smallest absolute Gasteiger partial charge is 0.251 e. The zero-order chi connectivity index (χ0) is 28.6. The number of aromatic nitrogens is 4. The number of hydrogen-bond donors (Lipinski definition) is 2. The van der Waals surface area contributed by atoms with Gasteiger partial charge in [-0.1, -0.05) is 32.9 Å². The molecule has 3 heterocycles. The second-order valence-electron chi connectivity index (χ2n) is 11.8. The highest BCUT2D eigenvalue weighted by Crippen LogP contribution is 2.32. The zero-order valence-corrected chi connectivity index (χ0v) is 24.6. The van der Waals surface area contributed by atoms with Crippen LogP contribution in [0.15, 0.2) is 48.8 Å². The minimum atomic E-state index is -0.0754. The maximum atomic E-state index is 11.9. The highest BCUT2D eigenvalue weighted by Gasteiger charge is 2.24. The first-order valence-corrected chi connectivity index (χ1v) is 14.0. The third-order valence-corrected chi connectivity index (χ3v) is 7.61. The summed E-state index contributed by atoms with van der Waals surface area (Å²) in [6, 6.07) is 14.6. The van der Waals surface area contributed by atoms with Crippen LogP contribution in [-0.2, 0) is 5.41 Å². The van der Waals surface area contributed by atoms with Gasteiger partial charge in [-0.3, -0.25) is 4.79 Å². The van der Waals surface area contributed by atoms with Crippen LogP contribution >= 0.6 is 0 Å². The quantitative estimate of drug-likeness (QED) is 0.336. The van der Waals surface area contributed by atoms with Crippen molar-refractivity contribution in [1.82, 2.24) is 24.8 Å². The Morgan fingerprint density at radius 1 is 0.950 bits per heavy atom. The van der Waals surface area contributed by atoms with Gasteiger partial charge in [-0.05, 0) is 67.6 Å². The number of rotatable bonds is 6. The summed E-state index contributed by atoms with van der Waals surface area (Å²) in [6.45, 7) is 16.3. The van der Waals surface area contributed by atoms with E-state index in [-0.39, 0.29) is 17.4 Å². The largest absolute Gasteiger partial charge is 0.368 e. The molecular formula is C31H40N8O. The molecule has 2 N–H and O–H groups in total. The van der Waals surface area contributed by atoms with E-state index in [1.165, 1.54) is 5.56 Å². The van der Waals surface area contributed by atoms with Crippen molar-refractivity contribution in [3.05, 3.63) is 65.5 Å². The van der Waals surface area contributed by atoms with Gasteiger partial charge in [0, 0.05) is 56.2 Å². The lowest BCUT2D eigenvalue weighted by Gasteiger charge is -2.36. The molecule has 0 saturated carbocycles. The van der Waals surface area contributed by atoms with Crippen LogP contribution in [-0.4, -0.2) is 58.7 Å². The fourth-order valence-corrected chi connectivity index (χ4v) is 5.04. The topological polar surface area (TPSA) is 91.2 Å². The van der Waals surface area contributed by atoms with Crippen molar-refractivity contribution >= 4 is 40.2 Å². The number of aryl methyl sites for hydroxylation is 1. The number of hydrogen-bond acceptors (Lipinski definition) is 7. The van der Waals surface area contributed by atoms with Crippen molar-refractivity contribution < 1.29 is 4.79 Å². The second-order valence-corrected chi connectivity index (χ2v) is 11.8. The van der Waals surface area contributed by atoms with Gasteiger partial charge < -0.3 is 25.0 Å². The molecule has 0 atom stereocenters. The van der Waals surface area contributed by atoms with E-state index in [1.54, 1.807) is 7.05 Å². The van der Waals surface area contributed by atoms with Crippen LogP contribution in [0.1, 0.15) is 62.1 Å². The summed E-state index contributed by atoms with van der Waals surface area (Å²) in [5.74, 6) is 1.38. The Labute approximate surface area is 236 Å². The molecule has 5 rings (SSSR count). The van der Waals surface area contributed by atoms with E-state index in [1.807, 2.05) is 30.6 Å². The van der Waals surface area contributed by atoms with Gasteiger partial charge in [0.15, 0.2) is 11.5 Å². The van der Waals surface area contributed by atoms with E-state index in [4.69, 9.17) is 9.97 Å². The Morgan fingerprint density at radius 2 is 1.62 bits per heavy atom. The molecule has 0 bridgehead atoms. The van der Waals surface area contributed by atoms with Gasteiger partial charge in [-0.2, -0.15) is 9.97 Å². The lowest BCUT2D eigenvalue weighted by molar-refractivity contribution is 0.0963. The van der Waals surface area contributed by atoms with E-state index in [0.717, 1.165) is 54.5 Å². The maximum absolute atomic E-state index is 11.9. The first kappa shape index (κ1) is 27.4. The third kappa shape index (κ3) is 5.46. The summed E-state index contributed by atoms with van der Waals surface area (Å²) < 4.78 is 2.13. The van der Waals surface area contributed by atoms with Gasteiger partial charge in [-0.25, -0.2) is 4.98 Å². The minimum Gasteiger partial charge on any atom is -0.368 e. The molecule has 1 saturated heterocycles. The van der Waals surface area contributed by atoms with Gasteiger partial charge in [0.25, 0.3) is 5.91 Å². The van der Waals surface area contributed by atoms with Crippen LogP contribution in [0.5, 0.6) is 0 Å².